The van der Waals surface area contributed by atoms with Gasteiger partial charge in [-0.15, -0.1) is 11.3 Å². The third kappa shape index (κ3) is 3.18. The molecular weight excluding hydrogens is 322 g/mol. The summed E-state index contributed by atoms with van der Waals surface area (Å²) < 4.78 is 0. The van der Waals surface area contributed by atoms with Gasteiger partial charge < -0.3 is 4.90 Å². The molecule has 7 heteroatoms. The summed E-state index contributed by atoms with van der Waals surface area (Å²) in [4.78, 5) is 28.8. The van der Waals surface area contributed by atoms with E-state index < -0.39 is 0 Å². The molecule has 0 atom stereocenters. The predicted octanol–water partition coefficient (Wildman–Crippen LogP) is 2.09. The number of benzene rings is 1. The maximum atomic E-state index is 12.3. The van der Waals surface area contributed by atoms with Crippen LogP contribution in [0.5, 0.6) is 0 Å². The van der Waals surface area contributed by atoms with Gasteiger partial charge in [0.1, 0.15) is 0 Å². The maximum absolute atomic E-state index is 12.3. The number of thiazole rings is 1. The molecule has 6 nitrogen and oxygen atoms in total. The highest BCUT2D eigenvalue weighted by Gasteiger charge is 2.18. The zero-order chi connectivity index (χ0) is 16.4. The second kappa shape index (κ2) is 6.70. The molecule has 3 heterocycles. The third-order valence-electron chi connectivity index (χ3n) is 4.36. The van der Waals surface area contributed by atoms with E-state index in [9.17, 15) is 4.79 Å². The topological polar surface area (TPSA) is 65.1 Å². The van der Waals surface area contributed by atoms with Gasteiger partial charge in [-0.05, 0) is 18.6 Å². The Morgan fingerprint density at radius 2 is 2.08 bits per heavy atom. The fourth-order valence-electron chi connectivity index (χ4n) is 3.11. The maximum Gasteiger partial charge on any atom is 0.260 e. The molecule has 2 aromatic heterocycles. The Labute approximate surface area is 143 Å². The van der Waals surface area contributed by atoms with Crippen LogP contribution in [-0.4, -0.2) is 46.0 Å². The van der Waals surface area contributed by atoms with Crippen LogP contribution in [-0.2, 0) is 6.54 Å². The highest BCUT2D eigenvalue weighted by atomic mass is 32.1. The van der Waals surface area contributed by atoms with E-state index in [-0.39, 0.29) is 5.56 Å². The number of H-pyrrole nitrogens is 1. The van der Waals surface area contributed by atoms with Crippen molar-refractivity contribution in [2.45, 2.75) is 13.0 Å². The molecule has 1 N–H and O–H groups in total. The highest BCUT2D eigenvalue weighted by molar-refractivity contribution is 7.07. The van der Waals surface area contributed by atoms with Crippen molar-refractivity contribution in [1.82, 2.24) is 19.9 Å². The predicted molar refractivity (Wildman–Crippen MR) is 96.6 cm³/mol. The second-order valence-corrected chi connectivity index (χ2v) is 6.72. The van der Waals surface area contributed by atoms with Crippen molar-refractivity contribution in [1.29, 1.82) is 0 Å². The second-order valence-electron chi connectivity index (χ2n) is 6.00. The Kier molecular flexibility index (Phi) is 4.27. The molecule has 124 valence electrons. The number of fused-ring (bicyclic) bond motifs is 1. The van der Waals surface area contributed by atoms with Crippen LogP contribution in [0.3, 0.4) is 0 Å². The van der Waals surface area contributed by atoms with Gasteiger partial charge in [0, 0.05) is 38.1 Å². The van der Waals surface area contributed by atoms with Crippen molar-refractivity contribution in [2.75, 3.05) is 31.1 Å². The van der Waals surface area contributed by atoms with Crippen LogP contribution in [0, 0.1) is 0 Å². The minimum Gasteiger partial charge on any atom is -0.341 e. The lowest BCUT2D eigenvalue weighted by molar-refractivity contribution is 0.282. The molecule has 0 unspecified atom stereocenters. The minimum atomic E-state index is -0.0702. The van der Waals surface area contributed by atoms with Gasteiger partial charge in [0.2, 0.25) is 5.95 Å². The molecular formula is C17H19N5OS. The Hall–Kier alpha value is -2.25. The molecule has 1 fully saturated rings. The van der Waals surface area contributed by atoms with Crippen molar-refractivity contribution in [3.8, 4) is 0 Å². The van der Waals surface area contributed by atoms with Crippen LogP contribution in [0.25, 0.3) is 10.9 Å². The van der Waals surface area contributed by atoms with Crippen LogP contribution in [0.1, 0.15) is 12.1 Å². The van der Waals surface area contributed by atoms with Gasteiger partial charge in [-0.1, -0.05) is 12.1 Å². The van der Waals surface area contributed by atoms with Gasteiger partial charge in [-0.2, -0.15) is 0 Å². The number of hydrogen-bond donors (Lipinski definition) is 1. The fraction of sp³-hybridized carbons (Fsp3) is 0.353. The number of anilines is 1. The molecule has 3 aromatic rings. The molecule has 0 spiro atoms. The number of nitrogens with zero attached hydrogens (tertiary/aromatic N) is 4. The summed E-state index contributed by atoms with van der Waals surface area (Å²) >= 11 is 1.64. The lowest BCUT2D eigenvalue weighted by Crippen LogP contribution is -2.32. The summed E-state index contributed by atoms with van der Waals surface area (Å²) in [5.41, 5.74) is 3.69. The molecule has 1 saturated heterocycles. The average Bonchev–Trinajstić information content (AvgIpc) is 2.99. The van der Waals surface area contributed by atoms with E-state index in [0.717, 1.165) is 50.4 Å². The zero-order valence-corrected chi connectivity index (χ0v) is 14.1. The number of para-hydroxylation sites is 1. The Bertz CT molecular complexity index is 876. The van der Waals surface area contributed by atoms with Gasteiger partial charge in [0.25, 0.3) is 5.56 Å². The van der Waals surface area contributed by atoms with E-state index >= 15 is 0 Å². The number of nitrogens with one attached hydrogen (secondary N) is 1. The number of hydrogen-bond acceptors (Lipinski definition) is 6. The lowest BCUT2D eigenvalue weighted by atomic mass is 10.2. The molecule has 4 rings (SSSR count). The summed E-state index contributed by atoms with van der Waals surface area (Å²) in [6.45, 7) is 4.61. The van der Waals surface area contributed by atoms with Crippen LogP contribution in [0.15, 0.2) is 40.0 Å². The Morgan fingerprint density at radius 1 is 1.17 bits per heavy atom. The normalized spacial score (nSPS) is 16.4. The molecule has 0 saturated carbocycles. The van der Waals surface area contributed by atoms with Crippen molar-refractivity contribution in [3.63, 3.8) is 0 Å². The third-order valence-corrected chi connectivity index (χ3v) is 4.99. The SMILES string of the molecule is O=c1[nH]c(N2CCCN(Cc3cscn3)CC2)nc2ccccc12. The van der Waals surface area contributed by atoms with E-state index in [0.29, 0.717) is 11.3 Å². The molecule has 0 bridgehead atoms. The largest absolute Gasteiger partial charge is 0.341 e. The monoisotopic (exact) mass is 341 g/mol. The Morgan fingerprint density at radius 3 is 2.96 bits per heavy atom. The summed E-state index contributed by atoms with van der Waals surface area (Å²) in [5, 5.41) is 2.74. The first-order valence-electron chi connectivity index (χ1n) is 8.13. The molecule has 1 aromatic carbocycles. The smallest absolute Gasteiger partial charge is 0.260 e. The summed E-state index contributed by atoms with van der Waals surface area (Å²) in [6.07, 6.45) is 1.04. The lowest BCUT2D eigenvalue weighted by Gasteiger charge is -2.22. The van der Waals surface area contributed by atoms with E-state index in [1.165, 1.54) is 0 Å². The fourth-order valence-corrected chi connectivity index (χ4v) is 3.66. The van der Waals surface area contributed by atoms with Crippen molar-refractivity contribution >= 4 is 28.2 Å². The van der Waals surface area contributed by atoms with Gasteiger partial charge >= 0.3 is 0 Å². The number of rotatable bonds is 3. The zero-order valence-electron chi connectivity index (χ0n) is 13.3. The van der Waals surface area contributed by atoms with E-state index in [1.54, 1.807) is 11.3 Å². The van der Waals surface area contributed by atoms with Gasteiger partial charge in [-0.3, -0.25) is 14.7 Å². The van der Waals surface area contributed by atoms with Crippen LogP contribution < -0.4 is 10.5 Å². The Balaban J connectivity index is 1.52. The number of aromatic amines is 1. The molecule has 1 aliphatic heterocycles. The molecule has 0 radical (unpaired) electrons. The summed E-state index contributed by atoms with van der Waals surface area (Å²) in [5.74, 6) is 0.675. The quantitative estimate of drug-likeness (QED) is 0.790. The standard InChI is InChI=1S/C17H19N5OS/c23-16-14-4-1-2-5-15(14)19-17(20-16)22-7-3-6-21(8-9-22)10-13-11-24-12-18-13/h1-2,4-5,11-12H,3,6-10H2,(H,19,20,23). The van der Waals surface area contributed by atoms with Gasteiger partial charge in [0.05, 0.1) is 22.1 Å². The van der Waals surface area contributed by atoms with Gasteiger partial charge in [0.15, 0.2) is 0 Å². The highest BCUT2D eigenvalue weighted by Crippen LogP contribution is 2.15. The van der Waals surface area contributed by atoms with E-state index in [2.05, 4.69) is 30.1 Å². The summed E-state index contributed by atoms with van der Waals surface area (Å²) in [7, 11) is 0. The first-order valence-corrected chi connectivity index (χ1v) is 9.07. The van der Waals surface area contributed by atoms with E-state index in [4.69, 9.17) is 0 Å². The number of aromatic nitrogens is 3. The van der Waals surface area contributed by atoms with Crippen molar-refractivity contribution in [2.24, 2.45) is 0 Å². The first kappa shape index (κ1) is 15.3. The van der Waals surface area contributed by atoms with Gasteiger partial charge in [-0.25, -0.2) is 9.97 Å². The molecule has 24 heavy (non-hydrogen) atoms. The summed E-state index contributed by atoms with van der Waals surface area (Å²) in [6, 6.07) is 7.47. The van der Waals surface area contributed by atoms with Crippen LogP contribution >= 0.6 is 11.3 Å². The minimum absolute atomic E-state index is 0.0702. The molecule has 0 aliphatic carbocycles. The van der Waals surface area contributed by atoms with Crippen LogP contribution in [0.2, 0.25) is 0 Å². The van der Waals surface area contributed by atoms with Crippen molar-refractivity contribution < 1.29 is 0 Å². The molecule has 0 amide bonds. The van der Waals surface area contributed by atoms with Crippen molar-refractivity contribution in [3.05, 3.63) is 51.2 Å². The molecule has 1 aliphatic rings. The first-order chi connectivity index (χ1) is 11.8. The average molecular weight is 341 g/mol. The van der Waals surface area contributed by atoms with Crippen LogP contribution in [0.4, 0.5) is 5.95 Å². The van der Waals surface area contributed by atoms with E-state index in [1.807, 2.05) is 29.8 Å².